The van der Waals surface area contributed by atoms with E-state index in [1.165, 1.54) is 6.07 Å². The van der Waals surface area contributed by atoms with E-state index in [1.54, 1.807) is 0 Å². The van der Waals surface area contributed by atoms with Gasteiger partial charge in [0.15, 0.2) is 4.77 Å². The molecule has 0 atom stereocenters. The molecule has 4 nitrogen and oxygen atoms in total. The summed E-state index contributed by atoms with van der Waals surface area (Å²) in [7, 11) is 0. The quantitative estimate of drug-likeness (QED) is 0.553. The van der Waals surface area contributed by atoms with Crippen LogP contribution in [0.5, 0.6) is 0 Å². The first kappa shape index (κ1) is 15.8. The minimum atomic E-state index is -0.281. The number of allylic oxidation sites excluding steroid dienone is 1. The van der Waals surface area contributed by atoms with Crippen LogP contribution in [0.3, 0.4) is 0 Å². The number of H-pyrrole nitrogens is 2. The van der Waals surface area contributed by atoms with E-state index in [-0.39, 0.29) is 10.3 Å². The molecular formula is C19H15N3OS. The second-order valence-electron chi connectivity index (χ2n) is 5.08. The maximum Gasteiger partial charge on any atom is 0.253 e. The normalized spacial score (nSPS) is 11.8. The van der Waals surface area contributed by atoms with Crippen molar-refractivity contribution in [3.8, 4) is 0 Å². The van der Waals surface area contributed by atoms with E-state index in [0.29, 0.717) is 5.82 Å². The van der Waals surface area contributed by atoms with Crippen molar-refractivity contribution in [2.24, 2.45) is 4.99 Å². The molecule has 0 amide bonds. The molecule has 0 unspecified atom stereocenters. The van der Waals surface area contributed by atoms with Crippen LogP contribution in [-0.2, 0) is 0 Å². The number of nitrogens with one attached hydrogen (secondary N) is 2. The lowest BCUT2D eigenvalue weighted by molar-refractivity contribution is 1.08. The van der Waals surface area contributed by atoms with Gasteiger partial charge in [-0.15, -0.1) is 0 Å². The zero-order chi connectivity index (χ0) is 16.8. The smallest absolute Gasteiger partial charge is 0.253 e. The van der Waals surface area contributed by atoms with Crippen LogP contribution in [0.15, 0.2) is 82.6 Å². The van der Waals surface area contributed by atoms with Crippen LogP contribution in [0.2, 0.25) is 0 Å². The Hall–Kier alpha value is -3.05. The predicted octanol–water partition coefficient (Wildman–Crippen LogP) is 4.27. The summed E-state index contributed by atoms with van der Waals surface area (Å²) in [5.41, 5.74) is 2.47. The van der Waals surface area contributed by atoms with Crippen molar-refractivity contribution < 1.29 is 0 Å². The van der Waals surface area contributed by atoms with E-state index in [0.717, 1.165) is 16.8 Å². The van der Waals surface area contributed by atoms with E-state index >= 15 is 0 Å². The molecule has 5 heteroatoms. The van der Waals surface area contributed by atoms with Gasteiger partial charge in [0.25, 0.3) is 5.56 Å². The molecule has 0 bridgehead atoms. The highest BCUT2D eigenvalue weighted by Gasteiger charge is 2.01. The molecule has 0 saturated carbocycles. The van der Waals surface area contributed by atoms with E-state index < -0.39 is 0 Å². The Bertz CT molecular complexity index is 958. The van der Waals surface area contributed by atoms with Crippen LogP contribution >= 0.6 is 12.2 Å². The molecular weight excluding hydrogens is 318 g/mol. The zero-order valence-corrected chi connectivity index (χ0v) is 13.6. The molecule has 0 aliphatic carbocycles. The Morgan fingerprint density at radius 2 is 1.62 bits per heavy atom. The predicted molar refractivity (Wildman–Crippen MR) is 100 cm³/mol. The van der Waals surface area contributed by atoms with Crippen LogP contribution in [-0.4, -0.2) is 15.7 Å². The zero-order valence-electron chi connectivity index (χ0n) is 12.8. The van der Waals surface area contributed by atoms with E-state index in [1.807, 2.05) is 72.8 Å². The molecule has 1 heterocycles. The molecule has 2 N–H and O–H groups in total. The largest absolute Gasteiger partial charge is 0.317 e. The van der Waals surface area contributed by atoms with Gasteiger partial charge in [-0.25, -0.2) is 4.99 Å². The summed E-state index contributed by atoms with van der Waals surface area (Å²) >= 11 is 5.00. The molecule has 3 aromatic rings. The van der Waals surface area contributed by atoms with E-state index in [2.05, 4.69) is 15.0 Å². The van der Waals surface area contributed by atoms with Crippen molar-refractivity contribution in [2.45, 2.75) is 0 Å². The number of rotatable bonds is 4. The molecule has 0 aliphatic rings. The first-order valence-electron chi connectivity index (χ1n) is 7.41. The van der Waals surface area contributed by atoms with E-state index in [9.17, 15) is 4.79 Å². The summed E-state index contributed by atoms with van der Waals surface area (Å²) in [5.74, 6) is 0.417. The fourth-order valence-corrected chi connectivity index (χ4v) is 2.40. The minimum absolute atomic E-state index is 0.251. The van der Waals surface area contributed by atoms with Gasteiger partial charge >= 0.3 is 0 Å². The number of hydrogen-bond donors (Lipinski definition) is 2. The first-order valence-corrected chi connectivity index (χ1v) is 7.82. The Labute approximate surface area is 144 Å². The van der Waals surface area contributed by atoms with Crippen LogP contribution in [0.1, 0.15) is 11.1 Å². The Morgan fingerprint density at radius 3 is 2.29 bits per heavy atom. The Morgan fingerprint density at radius 1 is 0.958 bits per heavy atom. The summed E-state index contributed by atoms with van der Waals surface area (Å²) in [6.45, 7) is 0. The molecule has 0 radical (unpaired) electrons. The number of aromatic nitrogens is 2. The Balaban J connectivity index is 2.05. The lowest BCUT2D eigenvalue weighted by atomic mass is 10.1. The van der Waals surface area contributed by atoms with Crippen molar-refractivity contribution >= 4 is 29.8 Å². The summed E-state index contributed by atoms with van der Waals surface area (Å²) in [4.78, 5) is 21.5. The lowest BCUT2D eigenvalue weighted by Gasteiger charge is -2.03. The second-order valence-corrected chi connectivity index (χ2v) is 5.49. The molecule has 3 rings (SSSR count). The van der Waals surface area contributed by atoms with Crippen molar-refractivity contribution in [2.75, 3.05) is 0 Å². The third-order valence-electron chi connectivity index (χ3n) is 3.29. The number of aliphatic imine (C=N–C) groups is 1. The van der Waals surface area contributed by atoms with Gasteiger partial charge in [-0.05, 0) is 23.9 Å². The molecule has 0 aliphatic heterocycles. The maximum absolute atomic E-state index is 11.6. The third kappa shape index (κ3) is 4.24. The van der Waals surface area contributed by atoms with Gasteiger partial charge in [0.1, 0.15) is 5.82 Å². The summed E-state index contributed by atoms with van der Waals surface area (Å²) in [5, 5.41) is 0. The lowest BCUT2D eigenvalue weighted by Crippen LogP contribution is -2.05. The number of hydrogen-bond acceptors (Lipinski definition) is 3. The number of aromatic amines is 2. The maximum atomic E-state index is 11.6. The van der Waals surface area contributed by atoms with E-state index in [4.69, 9.17) is 12.2 Å². The monoisotopic (exact) mass is 333 g/mol. The molecule has 1 aromatic heterocycles. The van der Waals surface area contributed by atoms with Crippen molar-refractivity contribution in [3.05, 3.63) is 99.1 Å². The molecule has 2 aromatic carbocycles. The fraction of sp³-hybridized carbons (Fsp3) is 0. The SMILES string of the molecule is O=c1cc(/N=C(\C=C\c2ccccc2)c2ccccc2)[nH]c(=S)[nH]1. The molecule has 0 saturated heterocycles. The van der Waals surface area contributed by atoms with Gasteiger partial charge in [-0.2, -0.15) is 0 Å². The van der Waals surface area contributed by atoms with Crippen LogP contribution < -0.4 is 5.56 Å². The molecule has 24 heavy (non-hydrogen) atoms. The highest BCUT2D eigenvalue weighted by atomic mass is 32.1. The van der Waals surface area contributed by atoms with Crippen molar-refractivity contribution in [1.82, 2.24) is 9.97 Å². The average molecular weight is 333 g/mol. The van der Waals surface area contributed by atoms with Gasteiger partial charge in [0.05, 0.1) is 5.71 Å². The topological polar surface area (TPSA) is 61.0 Å². The summed E-state index contributed by atoms with van der Waals surface area (Å²) in [6.07, 6.45) is 3.90. The van der Waals surface area contributed by atoms with Crippen molar-refractivity contribution in [1.29, 1.82) is 0 Å². The van der Waals surface area contributed by atoms with Gasteiger partial charge in [0, 0.05) is 11.6 Å². The Kier molecular flexibility index (Phi) is 4.93. The van der Waals surface area contributed by atoms with Crippen LogP contribution in [0.4, 0.5) is 5.82 Å². The minimum Gasteiger partial charge on any atom is -0.317 e. The van der Waals surface area contributed by atoms with Crippen LogP contribution in [0.25, 0.3) is 6.08 Å². The average Bonchev–Trinajstić information content (AvgIpc) is 2.59. The standard InChI is InChI=1S/C19H15N3OS/c23-18-13-17(21-19(24)22-18)20-16(15-9-5-2-6-10-15)12-11-14-7-3-1-4-8-14/h1-13H,(H2,21,22,23,24)/b12-11+,20-16+. The van der Waals surface area contributed by atoms with Gasteiger partial charge in [-0.1, -0.05) is 66.7 Å². The summed E-state index contributed by atoms with van der Waals surface area (Å²) in [6, 6.07) is 21.1. The first-order chi connectivity index (χ1) is 11.7. The van der Waals surface area contributed by atoms with Crippen molar-refractivity contribution in [3.63, 3.8) is 0 Å². The molecule has 0 fully saturated rings. The number of nitrogens with zero attached hydrogens (tertiary/aromatic N) is 1. The summed E-state index contributed by atoms with van der Waals surface area (Å²) < 4.78 is 0.251. The van der Waals surface area contributed by atoms with Gasteiger partial charge < -0.3 is 4.98 Å². The molecule has 118 valence electrons. The highest BCUT2D eigenvalue weighted by Crippen LogP contribution is 2.11. The second kappa shape index (κ2) is 7.48. The van der Waals surface area contributed by atoms with Gasteiger partial charge in [-0.3, -0.25) is 9.78 Å². The third-order valence-corrected chi connectivity index (χ3v) is 3.49. The van der Waals surface area contributed by atoms with Crippen LogP contribution in [0, 0.1) is 4.77 Å². The number of benzene rings is 2. The fourth-order valence-electron chi connectivity index (χ4n) is 2.19. The molecule has 0 spiro atoms. The van der Waals surface area contributed by atoms with Gasteiger partial charge in [0.2, 0.25) is 0 Å². The highest BCUT2D eigenvalue weighted by molar-refractivity contribution is 7.71.